The summed E-state index contributed by atoms with van der Waals surface area (Å²) in [5.74, 6) is -2.38. The molecule has 0 bridgehead atoms. The number of benzene rings is 1. The number of rotatable bonds is 3. The molecule has 0 radical (unpaired) electrons. The maximum atomic E-state index is 13.1. The van der Waals surface area contributed by atoms with Gasteiger partial charge < -0.3 is 0 Å². The van der Waals surface area contributed by atoms with Crippen molar-refractivity contribution < 1.29 is 34.8 Å². The van der Waals surface area contributed by atoms with Gasteiger partial charge in [-0.2, -0.15) is 31.0 Å². The predicted molar refractivity (Wildman–Crippen MR) is 87.7 cm³/mol. The smallest absolute Gasteiger partial charge is 0.236 e. The van der Waals surface area contributed by atoms with Crippen LogP contribution in [-0.2, 0) is 22.2 Å². The molecule has 0 atom stereocenters. The van der Waals surface area contributed by atoms with E-state index in [1.165, 1.54) is 0 Å². The highest BCUT2D eigenvalue weighted by Crippen LogP contribution is 2.34. The standard InChI is InChI=1S/C16H10F6N4O2S/c1-29(27,28)11-5-6-12(23-8-11)26-13(24-14(25-26)16(20,21)22)9-3-2-4-10(7-9)15(17,18)19/h2-8H,1H3. The first kappa shape index (κ1) is 20.8. The summed E-state index contributed by atoms with van der Waals surface area (Å²) < 4.78 is 102. The fourth-order valence-corrected chi connectivity index (χ4v) is 2.89. The second-order valence-electron chi connectivity index (χ2n) is 5.87. The topological polar surface area (TPSA) is 77.7 Å². The van der Waals surface area contributed by atoms with Crippen LogP contribution in [0.3, 0.4) is 0 Å². The number of pyridine rings is 1. The van der Waals surface area contributed by atoms with Crippen molar-refractivity contribution in [3.63, 3.8) is 0 Å². The van der Waals surface area contributed by atoms with Gasteiger partial charge in [0.05, 0.1) is 10.5 Å². The van der Waals surface area contributed by atoms with Gasteiger partial charge in [0.25, 0.3) is 5.82 Å². The van der Waals surface area contributed by atoms with Crippen LogP contribution in [0.15, 0.2) is 47.5 Å². The van der Waals surface area contributed by atoms with Gasteiger partial charge in [0.2, 0.25) is 0 Å². The maximum Gasteiger partial charge on any atom is 0.453 e. The number of halogens is 6. The molecule has 0 amide bonds. The van der Waals surface area contributed by atoms with Gasteiger partial charge in [-0.05, 0) is 24.3 Å². The van der Waals surface area contributed by atoms with Crippen molar-refractivity contribution in [2.24, 2.45) is 0 Å². The van der Waals surface area contributed by atoms with Crippen LogP contribution in [0.1, 0.15) is 11.4 Å². The van der Waals surface area contributed by atoms with Gasteiger partial charge in [0.15, 0.2) is 21.5 Å². The summed E-state index contributed by atoms with van der Waals surface area (Å²) in [5.41, 5.74) is -1.37. The molecule has 29 heavy (non-hydrogen) atoms. The molecule has 13 heteroatoms. The molecule has 0 N–H and O–H groups in total. The lowest BCUT2D eigenvalue weighted by atomic mass is 10.1. The Balaban J connectivity index is 2.19. The third-order valence-electron chi connectivity index (χ3n) is 3.67. The zero-order valence-electron chi connectivity index (χ0n) is 14.3. The zero-order valence-corrected chi connectivity index (χ0v) is 15.1. The minimum absolute atomic E-state index is 0.196. The van der Waals surface area contributed by atoms with Gasteiger partial charge in [-0.15, -0.1) is 5.10 Å². The summed E-state index contributed by atoms with van der Waals surface area (Å²) in [4.78, 5) is 6.89. The van der Waals surface area contributed by atoms with Crippen LogP contribution in [0, 0.1) is 0 Å². The van der Waals surface area contributed by atoms with Gasteiger partial charge in [-0.25, -0.2) is 18.4 Å². The SMILES string of the molecule is CS(=O)(=O)c1ccc(-n2nc(C(F)(F)F)nc2-c2cccc(C(F)(F)F)c2)nc1. The van der Waals surface area contributed by atoms with Crippen LogP contribution in [-0.4, -0.2) is 34.4 Å². The van der Waals surface area contributed by atoms with Crippen molar-refractivity contribution in [3.8, 4) is 17.2 Å². The second kappa shape index (κ2) is 6.83. The molecule has 0 saturated carbocycles. The fraction of sp³-hybridized carbons (Fsp3) is 0.188. The van der Waals surface area contributed by atoms with E-state index in [0.717, 1.165) is 42.8 Å². The van der Waals surface area contributed by atoms with Crippen molar-refractivity contribution in [1.29, 1.82) is 0 Å². The van der Waals surface area contributed by atoms with Crippen LogP contribution >= 0.6 is 0 Å². The number of alkyl halides is 6. The van der Waals surface area contributed by atoms with Crippen LogP contribution in [0.2, 0.25) is 0 Å². The Morgan fingerprint density at radius 1 is 0.966 bits per heavy atom. The number of hydrogen-bond donors (Lipinski definition) is 0. The summed E-state index contributed by atoms with van der Waals surface area (Å²) >= 11 is 0. The summed E-state index contributed by atoms with van der Waals surface area (Å²) in [6.07, 6.45) is -7.87. The van der Waals surface area contributed by atoms with E-state index in [0.29, 0.717) is 10.7 Å². The van der Waals surface area contributed by atoms with E-state index < -0.39 is 39.4 Å². The van der Waals surface area contributed by atoms with E-state index >= 15 is 0 Å². The quantitative estimate of drug-likeness (QED) is 0.585. The molecule has 2 heterocycles. The highest BCUT2D eigenvalue weighted by atomic mass is 32.2. The molecule has 0 spiro atoms. The average Bonchev–Trinajstić information content (AvgIpc) is 3.06. The monoisotopic (exact) mass is 436 g/mol. The first-order valence-electron chi connectivity index (χ1n) is 7.65. The Morgan fingerprint density at radius 3 is 2.17 bits per heavy atom. The van der Waals surface area contributed by atoms with E-state index in [1.807, 2.05) is 0 Å². The molecule has 0 unspecified atom stereocenters. The molecule has 0 fully saturated rings. The maximum absolute atomic E-state index is 13.1. The molecule has 6 nitrogen and oxygen atoms in total. The van der Waals surface area contributed by atoms with Crippen LogP contribution < -0.4 is 0 Å². The third kappa shape index (κ3) is 4.39. The molecule has 2 aromatic heterocycles. The van der Waals surface area contributed by atoms with Gasteiger partial charge in [-0.1, -0.05) is 12.1 Å². The highest BCUT2D eigenvalue weighted by molar-refractivity contribution is 7.90. The van der Waals surface area contributed by atoms with Crippen molar-refractivity contribution in [2.75, 3.05) is 6.26 Å². The number of sulfone groups is 1. The summed E-state index contributed by atoms with van der Waals surface area (Å²) in [6, 6.07) is 5.70. The lowest BCUT2D eigenvalue weighted by molar-refractivity contribution is -0.144. The Hall–Kier alpha value is -2.96. The summed E-state index contributed by atoms with van der Waals surface area (Å²) in [7, 11) is -3.62. The zero-order chi connectivity index (χ0) is 21.6. The normalized spacial score (nSPS) is 12.9. The van der Waals surface area contributed by atoms with Crippen molar-refractivity contribution in [3.05, 3.63) is 54.0 Å². The van der Waals surface area contributed by atoms with Crippen LogP contribution in [0.4, 0.5) is 26.3 Å². The fourth-order valence-electron chi connectivity index (χ4n) is 2.33. The molecular weight excluding hydrogens is 426 g/mol. The Bertz CT molecular complexity index is 1150. The van der Waals surface area contributed by atoms with E-state index in [-0.39, 0.29) is 16.3 Å². The van der Waals surface area contributed by atoms with E-state index in [1.54, 1.807) is 0 Å². The molecule has 0 aliphatic carbocycles. The largest absolute Gasteiger partial charge is 0.453 e. The Labute approximate surface area is 159 Å². The number of hydrogen-bond acceptors (Lipinski definition) is 5. The minimum Gasteiger partial charge on any atom is -0.236 e. The molecule has 154 valence electrons. The van der Waals surface area contributed by atoms with E-state index in [4.69, 9.17) is 0 Å². The number of aromatic nitrogens is 4. The minimum atomic E-state index is -4.96. The second-order valence-corrected chi connectivity index (χ2v) is 7.89. The first-order valence-corrected chi connectivity index (χ1v) is 9.54. The van der Waals surface area contributed by atoms with Gasteiger partial charge in [-0.3, -0.25) is 0 Å². The molecule has 1 aromatic carbocycles. The van der Waals surface area contributed by atoms with Gasteiger partial charge in [0.1, 0.15) is 0 Å². The van der Waals surface area contributed by atoms with Crippen LogP contribution in [0.5, 0.6) is 0 Å². The number of nitrogens with zero attached hydrogens (tertiary/aromatic N) is 4. The Morgan fingerprint density at radius 2 is 1.66 bits per heavy atom. The Kier molecular flexibility index (Phi) is 4.89. The van der Waals surface area contributed by atoms with E-state index in [2.05, 4.69) is 15.1 Å². The lowest BCUT2D eigenvalue weighted by Crippen LogP contribution is -2.09. The highest BCUT2D eigenvalue weighted by Gasteiger charge is 2.38. The van der Waals surface area contributed by atoms with Gasteiger partial charge in [0, 0.05) is 18.0 Å². The molecular formula is C16H10F6N4O2S. The lowest BCUT2D eigenvalue weighted by Gasteiger charge is -2.09. The first-order chi connectivity index (χ1) is 13.3. The summed E-state index contributed by atoms with van der Waals surface area (Å²) in [6.45, 7) is 0. The van der Waals surface area contributed by atoms with Crippen molar-refractivity contribution in [1.82, 2.24) is 19.7 Å². The molecule has 0 aliphatic rings. The van der Waals surface area contributed by atoms with Crippen molar-refractivity contribution >= 4 is 9.84 Å². The predicted octanol–water partition coefficient (Wildman–Crippen LogP) is 3.77. The van der Waals surface area contributed by atoms with Gasteiger partial charge >= 0.3 is 12.4 Å². The van der Waals surface area contributed by atoms with Crippen LogP contribution in [0.25, 0.3) is 17.2 Å². The van der Waals surface area contributed by atoms with E-state index in [9.17, 15) is 34.8 Å². The molecule has 3 aromatic rings. The third-order valence-corrected chi connectivity index (χ3v) is 4.77. The van der Waals surface area contributed by atoms with Crippen molar-refractivity contribution in [2.45, 2.75) is 17.2 Å². The molecule has 0 aliphatic heterocycles. The average molecular weight is 436 g/mol. The summed E-state index contributed by atoms with van der Waals surface area (Å²) in [5, 5.41) is 3.30. The molecule has 0 saturated heterocycles. The molecule has 3 rings (SSSR count).